The van der Waals surface area contributed by atoms with Gasteiger partial charge in [0.05, 0.1) is 35.6 Å². The number of aryl methyl sites for hydroxylation is 3. The van der Waals surface area contributed by atoms with Crippen molar-refractivity contribution in [2.45, 2.75) is 77.3 Å². The number of primary amides is 1. The fourth-order valence-corrected chi connectivity index (χ4v) is 7.05. The Labute approximate surface area is 314 Å². The van der Waals surface area contributed by atoms with Crippen LogP contribution in [0.5, 0.6) is 0 Å². The second-order valence-electron chi connectivity index (χ2n) is 14.2. The Balaban J connectivity index is 1.27. The first-order valence-corrected chi connectivity index (χ1v) is 18.3. The van der Waals surface area contributed by atoms with Crippen molar-refractivity contribution in [2.75, 3.05) is 18.4 Å². The Hall–Kier alpha value is -5.95. The van der Waals surface area contributed by atoms with Crippen molar-refractivity contribution in [3.63, 3.8) is 0 Å². The van der Waals surface area contributed by atoms with Crippen molar-refractivity contribution < 1.29 is 24.0 Å². The lowest BCUT2D eigenvalue weighted by molar-refractivity contribution is -0.128. The maximum atomic E-state index is 14.0. The molecular weight excluding hydrogens is 685 g/mol. The summed E-state index contributed by atoms with van der Waals surface area (Å²) < 4.78 is 0. The fourth-order valence-electron chi connectivity index (χ4n) is 7.05. The van der Waals surface area contributed by atoms with Crippen LogP contribution in [-0.2, 0) is 32.0 Å². The second-order valence-corrected chi connectivity index (χ2v) is 14.2. The van der Waals surface area contributed by atoms with Crippen molar-refractivity contribution in [3.8, 4) is 22.5 Å². The summed E-state index contributed by atoms with van der Waals surface area (Å²) in [6.45, 7) is 5.13. The first kappa shape index (κ1) is 37.8. The highest BCUT2D eigenvalue weighted by atomic mass is 16.2. The lowest BCUT2D eigenvalue weighted by Gasteiger charge is -2.25. The number of nitrogens with zero attached hydrogens (tertiary/aromatic N) is 2. The summed E-state index contributed by atoms with van der Waals surface area (Å²) in [6, 6.07) is 17.1. The van der Waals surface area contributed by atoms with E-state index >= 15 is 0 Å². The van der Waals surface area contributed by atoms with Gasteiger partial charge in [0.25, 0.3) is 5.91 Å². The third-order valence-corrected chi connectivity index (χ3v) is 10.1. The molecule has 2 aliphatic rings. The molecule has 1 unspecified atom stereocenters. The van der Waals surface area contributed by atoms with E-state index in [1.807, 2.05) is 43.3 Å². The van der Waals surface area contributed by atoms with Crippen LogP contribution >= 0.6 is 0 Å². The van der Waals surface area contributed by atoms with E-state index in [0.29, 0.717) is 56.6 Å². The molecule has 13 nitrogen and oxygen atoms in total. The van der Waals surface area contributed by atoms with E-state index in [1.54, 1.807) is 26.0 Å². The van der Waals surface area contributed by atoms with E-state index in [9.17, 15) is 24.0 Å². The molecule has 4 aromatic rings. The van der Waals surface area contributed by atoms with E-state index in [4.69, 9.17) is 11.5 Å². The number of nitrogens with one attached hydrogen (secondary N) is 4. The zero-order valence-corrected chi connectivity index (χ0v) is 30.8. The average Bonchev–Trinajstić information content (AvgIpc) is 3.10. The summed E-state index contributed by atoms with van der Waals surface area (Å²) in [7, 11) is 0. The minimum absolute atomic E-state index is 0.00155. The summed E-state index contributed by atoms with van der Waals surface area (Å²) in [6.07, 6.45) is 3.92. The van der Waals surface area contributed by atoms with Crippen LogP contribution < -0.4 is 32.7 Å². The van der Waals surface area contributed by atoms with Crippen molar-refractivity contribution in [3.05, 3.63) is 99.9 Å². The van der Waals surface area contributed by atoms with Gasteiger partial charge in [-0.15, -0.1) is 0 Å². The smallest absolute Gasteiger partial charge is 0.255 e. The highest BCUT2D eigenvalue weighted by molar-refractivity contribution is 6.04. The third-order valence-electron chi connectivity index (χ3n) is 10.1. The Morgan fingerprint density at radius 1 is 0.907 bits per heavy atom. The Morgan fingerprint density at radius 2 is 1.63 bits per heavy atom. The molecule has 5 amide bonds. The predicted octanol–water partition coefficient (Wildman–Crippen LogP) is 3.27. The van der Waals surface area contributed by atoms with Gasteiger partial charge in [-0.3, -0.25) is 24.0 Å². The van der Waals surface area contributed by atoms with Gasteiger partial charge < -0.3 is 32.7 Å². The maximum Gasteiger partial charge on any atom is 0.255 e. The zero-order chi connectivity index (χ0) is 38.5. The maximum absolute atomic E-state index is 14.0. The molecule has 1 aliphatic heterocycles. The molecule has 0 spiro atoms. The first-order valence-electron chi connectivity index (χ1n) is 18.3. The molecule has 2 heterocycles. The van der Waals surface area contributed by atoms with E-state index in [2.05, 4.69) is 43.4 Å². The Kier molecular flexibility index (Phi) is 11.5. The molecule has 280 valence electrons. The summed E-state index contributed by atoms with van der Waals surface area (Å²) in [5, 5.41) is 11.1. The number of fused-ring (bicyclic) bond motifs is 5. The molecule has 2 atom stereocenters. The number of carbonyl (C=O) groups excluding carboxylic acids is 5. The molecule has 8 N–H and O–H groups in total. The van der Waals surface area contributed by atoms with Crippen LogP contribution in [0.25, 0.3) is 22.5 Å². The number of rotatable bonds is 9. The fraction of sp³-hybridized carbons (Fsp3) is 0.341. The van der Waals surface area contributed by atoms with Crippen LogP contribution in [0, 0.1) is 20.8 Å². The number of hydrogen-bond acceptors (Lipinski definition) is 8. The van der Waals surface area contributed by atoms with Gasteiger partial charge in [0.15, 0.2) is 5.82 Å². The molecule has 1 aliphatic carbocycles. The number of amides is 5. The average molecular weight is 731 g/mol. The quantitative estimate of drug-likeness (QED) is 0.150. The normalized spacial score (nSPS) is 16.6. The van der Waals surface area contributed by atoms with Gasteiger partial charge in [-0.05, 0) is 86.4 Å². The number of aromatic nitrogens is 2. The predicted molar refractivity (Wildman–Crippen MR) is 205 cm³/mol. The topological polar surface area (TPSA) is 211 Å². The largest absolute Gasteiger partial charge is 0.368 e. The number of carbonyl (C=O) groups is 5. The molecule has 1 fully saturated rings. The summed E-state index contributed by atoms with van der Waals surface area (Å²) in [4.78, 5) is 74.7. The monoisotopic (exact) mass is 730 g/mol. The number of anilines is 1. The number of hydrogen-bond donors (Lipinski definition) is 6. The van der Waals surface area contributed by atoms with Crippen LogP contribution in [0.3, 0.4) is 0 Å². The van der Waals surface area contributed by atoms with E-state index < -0.39 is 35.7 Å². The molecule has 1 saturated carbocycles. The summed E-state index contributed by atoms with van der Waals surface area (Å²) >= 11 is 0. The van der Waals surface area contributed by atoms with Crippen LogP contribution in [0.4, 0.5) is 5.69 Å². The Bertz CT molecular complexity index is 2090. The van der Waals surface area contributed by atoms with Crippen molar-refractivity contribution in [1.82, 2.24) is 25.9 Å². The van der Waals surface area contributed by atoms with Gasteiger partial charge in [-0.25, -0.2) is 9.97 Å². The van der Waals surface area contributed by atoms with Crippen molar-refractivity contribution in [1.29, 1.82) is 0 Å². The van der Waals surface area contributed by atoms with Crippen LogP contribution in [-0.4, -0.2) is 64.7 Å². The SMILES string of the molecule is Cc1cc2cc(c1NC(=O)[C@H](CCN)NC(=O)c1c(C)nc(-c3ccc(C4CCC4)cc3)nc1C)-c1cccc(c1)CC(=O)NCC(=O)NC(C(N)=O)C2. The van der Waals surface area contributed by atoms with Gasteiger partial charge in [0.1, 0.15) is 12.1 Å². The number of nitrogens with two attached hydrogens (primary N) is 2. The highest BCUT2D eigenvalue weighted by Crippen LogP contribution is 2.37. The van der Waals surface area contributed by atoms with Crippen LogP contribution in [0.2, 0.25) is 0 Å². The van der Waals surface area contributed by atoms with Gasteiger partial charge in [0, 0.05) is 17.5 Å². The van der Waals surface area contributed by atoms with E-state index in [0.717, 1.165) is 5.56 Å². The molecule has 6 rings (SSSR count). The molecule has 54 heavy (non-hydrogen) atoms. The standard InChI is InChI=1S/C41H46N8O5/c1-22-16-26-18-31(30-9-4-6-25(17-30)20-34(50)44-21-35(51)47-33(19-26)38(43)52)37(22)49-40(53)32(14-15-42)48-41(54)36-23(2)45-39(46-24(36)3)29-12-10-28(11-13-29)27-7-5-8-27/h4,6,9-13,16-18,27,32-33H,5,7-8,14-15,19-21,42H2,1-3H3,(H2,43,52)(H,44,50)(H,47,51)(H,48,54)(H,49,53)/t32-,33?/m0/s1. The zero-order valence-electron chi connectivity index (χ0n) is 30.8. The van der Waals surface area contributed by atoms with Gasteiger partial charge >= 0.3 is 0 Å². The minimum atomic E-state index is -1.04. The molecular formula is C41H46N8O5. The molecule has 4 bridgehead atoms. The highest BCUT2D eigenvalue weighted by Gasteiger charge is 2.27. The van der Waals surface area contributed by atoms with Crippen LogP contribution in [0.1, 0.15) is 75.6 Å². The summed E-state index contributed by atoms with van der Waals surface area (Å²) in [5.74, 6) is -1.50. The summed E-state index contributed by atoms with van der Waals surface area (Å²) in [5.41, 5.74) is 18.8. The molecule has 1 aromatic heterocycles. The van der Waals surface area contributed by atoms with Gasteiger partial charge in [0.2, 0.25) is 23.6 Å². The van der Waals surface area contributed by atoms with Gasteiger partial charge in [-0.2, -0.15) is 0 Å². The number of benzene rings is 3. The molecule has 13 heteroatoms. The second kappa shape index (κ2) is 16.4. The lowest BCUT2D eigenvalue weighted by Crippen LogP contribution is -2.49. The first-order chi connectivity index (χ1) is 25.9. The van der Waals surface area contributed by atoms with Gasteiger partial charge in [-0.1, -0.05) is 61.0 Å². The van der Waals surface area contributed by atoms with Crippen molar-refractivity contribution in [2.24, 2.45) is 11.5 Å². The molecule has 3 aromatic carbocycles. The Morgan fingerprint density at radius 3 is 2.28 bits per heavy atom. The third kappa shape index (κ3) is 8.63. The van der Waals surface area contributed by atoms with Crippen LogP contribution in [0.15, 0.2) is 60.7 Å². The minimum Gasteiger partial charge on any atom is -0.368 e. The molecule has 0 saturated heterocycles. The van der Waals surface area contributed by atoms with E-state index in [1.165, 1.54) is 24.8 Å². The molecule has 0 radical (unpaired) electrons. The lowest BCUT2D eigenvalue weighted by atomic mass is 9.80. The van der Waals surface area contributed by atoms with E-state index in [-0.39, 0.29) is 43.8 Å². The van der Waals surface area contributed by atoms with Crippen molar-refractivity contribution >= 4 is 35.2 Å².